The van der Waals surface area contributed by atoms with Crippen LogP contribution in [0.2, 0.25) is 0 Å². The van der Waals surface area contributed by atoms with Gasteiger partial charge in [0.2, 0.25) is 6.10 Å². The minimum Gasteiger partial charge on any atom is -0.478 e. The van der Waals surface area contributed by atoms with Crippen LogP contribution in [0.3, 0.4) is 0 Å². The number of ether oxygens (including phenoxy) is 1. The number of thioether (sulfide) groups is 1. The molecular weight excluding hydrogens is 248 g/mol. The van der Waals surface area contributed by atoms with Crippen molar-refractivity contribution in [2.24, 2.45) is 5.92 Å². The van der Waals surface area contributed by atoms with Gasteiger partial charge in [0.05, 0.1) is 5.92 Å². The standard InChI is InChI=1S/C10H18O4S2/c1-3-4-16-6-8(9(11)12)14-10(13)7(2)5-15/h7-8,15H,3-6H2,1-2H3,(H,11,12)/t7-,8+/m1/s1. The van der Waals surface area contributed by atoms with Crippen molar-refractivity contribution in [2.45, 2.75) is 26.4 Å². The average molecular weight is 266 g/mol. The van der Waals surface area contributed by atoms with Crippen LogP contribution in [0.5, 0.6) is 0 Å². The first-order chi connectivity index (χ1) is 7.52. The zero-order valence-electron chi connectivity index (χ0n) is 9.51. The summed E-state index contributed by atoms with van der Waals surface area (Å²) in [6, 6.07) is 0. The third-order valence-electron chi connectivity index (χ3n) is 1.83. The van der Waals surface area contributed by atoms with Crippen molar-refractivity contribution in [3.8, 4) is 0 Å². The van der Waals surface area contributed by atoms with E-state index < -0.39 is 18.0 Å². The maximum absolute atomic E-state index is 11.4. The van der Waals surface area contributed by atoms with E-state index >= 15 is 0 Å². The molecule has 1 N–H and O–H groups in total. The number of carbonyl (C=O) groups excluding carboxylic acids is 1. The molecule has 0 heterocycles. The van der Waals surface area contributed by atoms with E-state index in [0.717, 1.165) is 12.2 Å². The van der Waals surface area contributed by atoms with Gasteiger partial charge in [0.15, 0.2) is 0 Å². The van der Waals surface area contributed by atoms with Crippen molar-refractivity contribution >= 4 is 36.3 Å². The predicted molar refractivity (Wildman–Crippen MR) is 68.1 cm³/mol. The molecule has 0 aromatic rings. The number of esters is 1. The molecule has 0 aliphatic carbocycles. The van der Waals surface area contributed by atoms with Gasteiger partial charge in [-0.05, 0) is 12.2 Å². The smallest absolute Gasteiger partial charge is 0.345 e. The molecule has 0 saturated carbocycles. The summed E-state index contributed by atoms with van der Waals surface area (Å²) in [6.07, 6.45) is -0.0794. The first kappa shape index (κ1) is 15.6. The number of carboxylic acids is 1. The minimum absolute atomic E-state index is 0.300. The highest BCUT2D eigenvalue weighted by molar-refractivity contribution is 7.99. The Bertz CT molecular complexity index is 233. The number of hydrogen-bond donors (Lipinski definition) is 2. The van der Waals surface area contributed by atoms with Gasteiger partial charge in [0, 0.05) is 11.5 Å². The lowest BCUT2D eigenvalue weighted by atomic mass is 10.2. The molecule has 16 heavy (non-hydrogen) atoms. The van der Waals surface area contributed by atoms with Gasteiger partial charge >= 0.3 is 11.9 Å². The van der Waals surface area contributed by atoms with Crippen LogP contribution >= 0.6 is 24.4 Å². The van der Waals surface area contributed by atoms with Gasteiger partial charge in [-0.3, -0.25) is 4.79 Å². The zero-order valence-corrected chi connectivity index (χ0v) is 11.2. The fourth-order valence-corrected chi connectivity index (χ4v) is 1.85. The van der Waals surface area contributed by atoms with E-state index in [1.165, 1.54) is 11.8 Å². The van der Waals surface area contributed by atoms with Gasteiger partial charge in [0.1, 0.15) is 0 Å². The quantitative estimate of drug-likeness (QED) is 0.398. The fraction of sp³-hybridized carbons (Fsp3) is 0.800. The van der Waals surface area contributed by atoms with Gasteiger partial charge < -0.3 is 9.84 Å². The molecule has 0 aliphatic heterocycles. The maximum Gasteiger partial charge on any atom is 0.345 e. The Balaban J connectivity index is 4.12. The second kappa shape index (κ2) is 8.75. The van der Waals surface area contributed by atoms with Crippen molar-refractivity contribution in [2.75, 3.05) is 17.3 Å². The van der Waals surface area contributed by atoms with Gasteiger partial charge in [-0.15, -0.1) is 0 Å². The van der Waals surface area contributed by atoms with E-state index in [9.17, 15) is 9.59 Å². The third-order valence-corrected chi connectivity index (χ3v) is 3.61. The lowest BCUT2D eigenvalue weighted by Gasteiger charge is -2.15. The number of aliphatic carboxylic acids is 1. The van der Waals surface area contributed by atoms with Gasteiger partial charge in [-0.1, -0.05) is 13.8 Å². The molecule has 0 spiro atoms. The monoisotopic (exact) mass is 266 g/mol. The van der Waals surface area contributed by atoms with Crippen LogP contribution in [0.1, 0.15) is 20.3 Å². The summed E-state index contributed by atoms with van der Waals surface area (Å²) in [4.78, 5) is 22.2. The molecule has 0 unspecified atom stereocenters. The largest absolute Gasteiger partial charge is 0.478 e. The first-order valence-electron chi connectivity index (χ1n) is 5.14. The summed E-state index contributed by atoms with van der Waals surface area (Å²) >= 11 is 5.44. The molecule has 94 valence electrons. The highest BCUT2D eigenvalue weighted by Gasteiger charge is 2.24. The van der Waals surface area contributed by atoms with E-state index in [-0.39, 0.29) is 5.92 Å². The Hall–Kier alpha value is -0.360. The SMILES string of the molecule is CCCSC[C@H](OC(=O)[C@H](C)CS)C(=O)O. The highest BCUT2D eigenvalue weighted by atomic mass is 32.2. The lowest BCUT2D eigenvalue weighted by molar-refractivity contribution is -0.164. The molecule has 0 aromatic carbocycles. The second-order valence-electron chi connectivity index (χ2n) is 3.42. The normalized spacial score (nSPS) is 14.2. The summed E-state index contributed by atoms with van der Waals surface area (Å²) in [7, 11) is 0. The molecule has 0 amide bonds. The molecule has 0 aliphatic rings. The number of carboxylic acid groups (broad SMARTS) is 1. The number of hydrogen-bond acceptors (Lipinski definition) is 5. The first-order valence-corrected chi connectivity index (χ1v) is 6.93. The number of carbonyl (C=O) groups is 2. The molecule has 6 heteroatoms. The summed E-state index contributed by atoms with van der Waals surface area (Å²) in [6.45, 7) is 3.67. The fourth-order valence-electron chi connectivity index (χ4n) is 0.821. The van der Waals surface area contributed by atoms with E-state index in [1.54, 1.807) is 6.92 Å². The molecule has 0 rings (SSSR count). The van der Waals surface area contributed by atoms with E-state index in [4.69, 9.17) is 9.84 Å². The summed E-state index contributed by atoms with van der Waals surface area (Å²) in [5, 5.41) is 8.87. The zero-order chi connectivity index (χ0) is 12.6. The Morgan fingerprint density at radius 1 is 1.50 bits per heavy atom. The molecule has 2 atom stereocenters. The van der Waals surface area contributed by atoms with Gasteiger partial charge in [-0.2, -0.15) is 24.4 Å². The Labute approximate surface area is 106 Å². The van der Waals surface area contributed by atoms with Crippen LogP contribution < -0.4 is 0 Å². The van der Waals surface area contributed by atoms with Crippen LogP contribution in [-0.4, -0.2) is 40.4 Å². The van der Waals surface area contributed by atoms with Crippen LogP contribution in [0, 0.1) is 5.92 Å². The highest BCUT2D eigenvalue weighted by Crippen LogP contribution is 2.10. The number of thiol groups is 1. The van der Waals surface area contributed by atoms with E-state index in [1.807, 2.05) is 6.92 Å². The number of rotatable bonds is 8. The van der Waals surface area contributed by atoms with Gasteiger partial charge in [0.25, 0.3) is 0 Å². The molecule has 0 radical (unpaired) electrons. The predicted octanol–water partition coefficient (Wildman–Crippen LogP) is 1.69. The maximum atomic E-state index is 11.4. The van der Waals surface area contributed by atoms with Gasteiger partial charge in [-0.25, -0.2) is 4.79 Å². The molecule has 0 fully saturated rings. The van der Waals surface area contributed by atoms with E-state index in [0.29, 0.717) is 11.5 Å². The summed E-state index contributed by atoms with van der Waals surface area (Å²) in [5.41, 5.74) is 0. The van der Waals surface area contributed by atoms with Crippen molar-refractivity contribution in [1.29, 1.82) is 0 Å². The third kappa shape index (κ3) is 6.27. The van der Waals surface area contributed by atoms with Crippen molar-refractivity contribution < 1.29 is 19.4 Å². The Kier molecular flexibility index (Phi) is 8.56. The Morgan fingerprint density at radius 3 is 2.56 bits per heavy atom. The van der Waals surface area contributed by atoms with Crippen LogP contribution in [0.15, 0.2) is 0 Å². The van der Waals surface area contributed by atoms with Crippen molar-refractivity contribution in [3.05, 3.63) is 0 Å². The topological polar surface area (TPSA) is 63.6 Å². The van der Waals surface area contributed by atoms with Crippen LogP contribution in [0.4, 0.5) is 0 Å². The van der Waals surface area contributed by atoms with Crippen molar-refractivity contribution in [3.63, 3.8) is 0 Å². The molecule has 0 bridgehead atoms. The van der Waals surface area contributed by atoms with Crippen LogP contribution in [-0.2, 0) is 14.3 Å². The Morgan fingerprint density at radius 2 is 2.12 bits per heavy atom. The molecular formula is C10H18O4S2. The molecule has 0 saturated heterocycles. The summed E-state index contributed by atoms with van der Waals surface area (Å²) in [5.74, 6) is -0.450. The summed E-state index contributed by atoms with van der Waals surface area (Å²) < 4.78 is 4.90. The second-order valence-corrected chi connectivity index (χ2v) is 4.94. The molecule has 4 nitrogen and oxygen atoms in total. The lowest BCUT2D eigenvalue weighted by Crippen LogP contribution is -2.32. The molecule has 0 aromatic heterocycles. The van der Waals surface area contributed by atoms with Crippen LogP contribution in [0.25, 0.3) is 0 Å². The average Bonchev–Trinajstić information content (AvgIpc) is 2.26. The minimum atomic E-state index is -1.09. The van der Waals surface area contributed by atoms with Crippen molar-refractivity contribution in [1.82, 2.24) is 0 Å². The van der Waals surface area contributed by atoms with E-state index in [2.05, 4.69) is 12.6 Å².